The first-order valence-electron chi connectivity index (χ1n) is 7.54. The molecule has 118 valence electrons. The Labute approximate surface area is 124 Å². The summed E-state index contributed by atoms with van der Waals surface area (Å²) in [5.74, 6) is 0.375. The molecule has 0 radical (unpaired) electrons. The molecular weight excluding hydrogens is 277 g/mol. The fourth-order valence-electron chi connectivity index (χ4n) is 2.42. The van der Waals surface area contributed by atoms with Gasteiger partial charge in [0, 0.05) is 12.8 Å². The van der Waals surface area contributed by atoms with E-state index in [1.165, 1.54) is 6.07 Å². The minimum absolute atomic E-state index is 0.0253. The third-order valence-electron chi connectivity index (χ3n) is 3.72. The maximum Gasteiger partial charge on any atom is 0.416 e. The van der Waals surface area contributed by atoms with E-state index in [0.717, 1.165) is 37.8 Å². The SMILES string of the molecule is CCCCC(CC)CC(=O)Cc1cccc(C(F)(F)F)c1. The lowest BCUT2D eigenvalue weighted by atomic mass is 9.91. The third kappa shape index (κ3) is 6.32. The normalized spacial score (nSPS) is 13.2. The molecule has 0 saturated heterocycles. The molecule has 0 aliphatic heterocycles. The predicted molar refractivity (Wildman–Crippen MR) is 78.1 cm³/mol. The van der Waals surface area contributed by atoms with Crippen molar-refractivity contribution in [1.29, 1.82) is 0 Å². The highest BCUT2D eigenvalue weighted by atomic mass is 19.4. The van der Waals surface area contributed by atoms with Crippen molar-refractivity contribution in [2.45, 2.75) is 58.5 Å². The van der Waals surface area contributed by atoms with E-state index < -0.39 is 11.7 Å². The lowest BCUT2D eigenvalue weighted by molar-refractivity contribution is -0.137. The van der Waals surface area contributed by atoms with Crippen LogP contribution < -0.4 is 0 Å². The van der Waals surface area contributed by atoms with Gasteiger partial charge in [-0.3, -0.25) is 4.79 Å². The Morgan fingerprint density at radius 1 is 1.24 bits per heavy atom. The highest BCUT2D eigenvalue weighted by Crippen LogP contribution is 2.29. The van der Waals surface area contributed by atoms with Gasteiger partial charge in [-0.25, -0.2) is 0 Å². The van der Waals surface area contributed by atoms with Crippen molar-refractivity contribution >= 4 is 5.78 Å². The molecule has 0 aromatic heterocycles. The Morgan fingerprint density at radius 2 is 1.95 bits per heavy atom. The zero-order valence-corrected chi connectivity index (χ0v) is 12.7. The molecule has 4 heteroatoms. The zero-order chi connectivity index (χ0) is 15.9. The van der Waals surface area contributed by atoms with E-state index in [9.17, 15) is 18.0 Å². The fraction of sp³-hybridized carbons (Fsp3) is 0.588. The van der Waals surface area contributed by atoms with Gasteiger partial charge in [0.25, 0.3) is 0 Å². The number of Topliss-reactive ketones (excluding diaryl/α,β-unsaturated/α-hetero) is 1. The van der Waals surface area contributed by atoms with Crippen LogP contribution >= 0.6 is 0 Å². The molecule has 0 aliphatic rings. The Bertz CT molecular complexity index is 452. The summed E-state index contributed by atoms with van der Waals surface area (Å²) in [6.45, 7) is 4.16. The van der Waals surface area contributed by atoms with Crippen molar-refractivity contribution in [2.24, 2.45) is 5.92 Å². The monoisotopic (exact) mass is 300 g/mol. The molecule has 1 aromatic rings. The summed E-state index contributed by atoms with van der Waals surface area (Å²) in [5, 5.41) is 0. The van der Waals surface area contributed by atoms with E-state index in [1.807, 2.05) is 0 Å². The van der Waals surface area contributed by atoms with Crippen molar-refractivity contribution in [1.82, 2.24) is 0 Å². The highest BCUT2D eigenvalue weighted by molar-refractivity contribution is 5.81. The van der Waals surface area contributed by atoms with Crippen molar-refractivity contribution < 1.29 is 18.0 Å². The van der Waals surface area contributed by atoms with Gasteiger partial charge in [-0.05, 0) is 17.5 Å². The lowest BCUT2D eigenvalue weighted by Crippen LogP contribution is -2.11. The number of halogens is 3. The summed E-state index contributed by atoms with van der Waals surface area (Å²) in [4.78, 5) is 12.0. The van der Waals surface area contributed by atoms with Gasteiger partial charge < -0.3 is 0 Å². The molecule has 0 aliphatic carbocycles. The predicted octanol–water partition coefficient (Wildman–Crippen LogP) is 5.42. The standard InChI is InChI=1S/C17H23F3O/c1-3-5-7-13(4-2)11-16(21)12-14-8-6-9-15(10-14)17(18,19)20/h6,8-10,13H,3-5,7,11-12H2,1-2H3. The molecule has 1 unspecified atom stereocenters. The largest absolute Gasteiger partial charge is 0.416 e. The van der Waals surface area contributed by atoms with Crippen LogP contribution in [0.15, 0.2) is 24.3 Å². The van der Waals surface area contributed by atoms with Gasteiger partial charge in [0.2, 0.25) is 0 Å². The van der Waals surface area contributed by atoms with Crippen LogP contribution in [0.3, 0.4) is 0 Å². The summed E-state index contributed by atoms with van der Waals surface area (Å²) in [5.41, 5.74) is -0.244. The summed E-state index contributed by atoms with van der Waals surface area (Å²) in [6, 6.07) is 5.05. The van der Waals surface area contributed by atoms with Crippen LogP contribution in [0.2, 0.25) is 0 Å². The number of carbonyl (C=O) groups excluding carboxylic acids is 1. The van der Waals surface area contributed by atoms with Gasteiger partial charge >= 0.3 is 6.18 Å². The number of benzene rings is 1. The number of rotatable bonds is 8. The van der Waals surface area contributed by atoms with Gasteiger partial charge in [0.05, 0.1) is 5.56 Å². The number of alkyl halides is 3. The maximum absolute atomic E-state index is 12.6. The van der Waals surface area contributed by atoms with Crippen molar-refractivity contribution in [3.05, 3.63) is 35.4 Å². The molecule has 0 fully saturated rings. The highest BCUT2D eigenvalue weighted by Gasteiger charge is 2.30. The minimum Gasteiger partial charge on any atom is -0.299 e. The average Bonchev–Trinajstić information content (AvgIpc) is 2.42. The number of ketones is 1. The van der Waals surface area contributed by atoms with Crippen molar-refractivity contribution in [3.63, 3.8) is 0 Å². The van der Waals surface area contributed by atoms with Gasteiger partial charge in [0.1, 0.15) is 5.78 Å². The fourth-order valence-corrected chi connectivity index (χ4v) is 2.42. The van der Waals surface area contributed by atoms with E-state index in [2.05, 4.69) is 13.8 Å². The van der Waals surface area contributed by atoms with Crippen LogP contribution in [0.4, 0.5) is 13.2 Å². The molecule has 1 aromatic carbocycles. The first-order chi connectivity index (χ1) is 9.86. The molecule has 1 nitrogen and oxygen atoms in total. The Balaban J connectivity index is 2.62. The quantitative estimate of drug-likeness (QED) is 0.626. The molecule has 0 heterocycles. The molecule has 0 spiro atoms. The molecule has 0 N–H and O–H groups in total. The molecule has 0 bridgehead atoms. The maximum atomic E-state index is 12.6. The molecule has 1 rings (SSSR count). The first kappa shape index (κ1) is 17.7. The Morgan fingerprint density at radius 3 is 2.52 bits per heavy atom. The molecular formula is C17H23F3O. The van der Waals surface area contributed by atoms with E-state index >= 15 is 0 Å². The lowest BCUT2D eigenvalue weighted by Gasteiger charge is -2.14. The van der Waals surface area contributed by atoms with Crippen molar-refractivity contribution in [3.8, 4) is 0 Å². The van der Waals surface area contributed by atoms with Crippen molar-refractivity contribution in [2.75, 3.05) is 0 Å². The number of carbonyl (C=O) groups is 1. The second kappa shape index (κ2) is 8.20. The van der Waals surface area contributed by atoms with E-state index in [-0.39, 0.29) is 12.2 Å². The van der Waals surface area contributed by atoms with Crippen LogP contribution in [-0.4, -0.2) is 5.78 Å². The van der Waals surface area contributed by atoms with E-state index in [4.69, 9.17) is 0 Å². The van der Waals surface area contributed by atoms with E-state index in [0.29, 0.717) is 17.9 Å². The second-order valence-corrected chi connectivity index (χ2v) is 5.53. The number of unbranched alkanes of at least 4 members (excludes halogenated alkanes) is 1. The topological polar surface area (TPSA) is 17.1 Å². The van der Waals surface area contributed by atoms with Crippen LogP contribution in [-0.2, 0) is 17.4 Å². The minimum atomic E-state index is -4.36. The Hall–Kier alpha value is -1.32. The van der Waals surface area contributed by atoms with E-state index in [1.54, 1.807) is 6.07 Å². The zero-order valence-electron chi connectivity index (χ0n) is 12.7. The number of hydrogen-bond acceptors (Lipinski definition) is 1. The molecule has 0 saturated carbocycles. The summed E-state index contributed by atoms with van der Waals surface area (Å²) in [6.07, 6.45) is 0.342. The van der Waals surface area contributed by atoms with Crippen LogP contribution in [0, 0.1) is 5.92 Å². The van der Waals surface area contributed by atoms with Gasteiger partial charge in [0.15, 0.2) is 0 Å². The Kier molecular flexibility index (Phi) is 6.93. The smallest absolute Gasteiger partial charge is 0.299 e. The average molecular weight is 300 g/mol. The molecule has 21 heavy (non-hydrogen) atoms. The second-order valence-electron chi connectivity index (χ2n) is 5.53. The van der Waals surface area contributed by atoms with Crippen LogP contribution in [0.5, 0.6) is 0 Å². The van der Waals surface area contributed by atoms with Gasteiger partial charge in [-0.1, -0.05) is 57.7 Å². The number of hydrogen-bond donors (Lipinski definition) is 0. The third-order valence-corrected chi connectivity index (χ3v) is 3.72. The van der Waals surface area contributed by atoms with Crippen LogP contribution in [0.25, 0.3) is 0 Å². The first-order valence-corrected chi connectivity index (χ1v) is 7.54. The van der Waals surface area contributed by atoms with Gasteiger partial charge in [-0.15, -0.1) is 0 Å². The summed E-state index contributed by atoms with van der Waals surface area (Å²) >= 11 is 0. The molecule has 1 atom stereocenters. The summed E-state index contributed by atoms with van der Waals surface area (Å²) in [7, 11) is 0. The van der Waals surface area contributed by atoms with Crippen LogP contribution in [0.1, 0.15) is 57.1 Å². The molecule has 0 amide bonds. The summed E-state index contributed by atoms with van der Waals surface area (Å²) < 4.78 is 37.9. The van der Waals surface area contributed by atoms with Gasteiger partial charge in [-0.2, -0.15) is 13.2 Å².